The van der Waals surface area contributed by atoms with Crippen LogP contribution in [0.5, 0.6) is 0 Å². The number of rotatable bonds is 6. The number of aromatic nitrogens is 1. The van der Waals surface area contributed by atoms with Gasteiger partial charge >= 0.3 is 0 Å². The lowest BCUT2D eigenvalue weighted by atomic mass is 10.0. The highest BCUT2D eigenvalue weighted by Gasteiger charge is 2.24. The SMILES string of the molecule is CC(C)C(N)CCN(C)C(=O)c1cc(Cl)ncc1[N+](=O)[O-]. The number of nitrogens with two attached hydrogens (primary N) is 1. The molecule has 0 spiro atoms. The number of hydrogen-bond donors (Lipinski definition) is 1. The Labute approximate surface area is 128 Å². The van der Waals surface area contributed by atoms with Crippen LogP contribution in [-0.2, 0) is 0 Å². The van der Waals surface area contributed by atoms with E-state index in [0.717, 1.165) is 6.20 Å². The largest absolute Gasteiger partial charge is 0.341 e. The summed E-state index contributed by atoms with van der Waals surface area (Å²) in [6.45, 7) is 4.41. The lowest BCUT2D eigenvalue weighted by Crippen LogP contribution is -2.34. The van der Waals surface area contributed by atoms with Crippen LogP contribution < -0.4 is 5.73 Å². The molecule has 0 radical (unpaired) electrons. The summed E-state index contributed by atoms with van der Waals surface area (Å²) in [6, 6.07) is 1.18. The summed E-state index contributed by atoms with van der Waals surface area (Å²) in [5.74, 6) is -0.167. The number of nitro groups is 1. The highest BCUT2D eigenvalue weighted by molar-refractivity contribution is 6.29. The maximum absolute atomic E-state index is 12.3. The van der Waals surface area contributed by atoms with Gasteiger partial charge in [-0.05, 0) is 18.4 Å². The molecule has 1 heterocycles. The summed E-state index contributed by atoms with van der Waals surface area (Å²) >= 11 is 5.71. The number of carbonyl (C=O) groups is 1. The van der Waals surface area contributed by atoms with Crippen molar-refractivity contribution in [1.29, 1.82) is 0 Å². The van der Waals surface area contributed by atoms with Crippen LogP contribution in [0.3, 0.4) is 0 Å². The van der Waals surface area contributed by atoms with Crippen molar-refractivity contribution in [2.75, 3.05) is 13.6 Å². The van der Waals surface area contributed by atoms with Crippen LogP contribution in [-0.4, -0.2) is 40.3 Å². The molecule has 0 aliphatic carbocycles. The third-order valence-electron chi connectivity index (χ3n) is 3.28. The van der Waals surface area contributed by atoms with Crippen molar-refractivity contribution in [2.45, 2.75) is 26.3 Å². The summed E-state index contributed by atoms with van der Waals surface area (Å²) < 4.78 is 0. The molecule has 116 valence electrons. The number of pyridine rings is 1. The Kier molecular flexibility index (Phi) is 6.04. The van der Waals surface area contributed by atoms with Gasteiger partial charge in [0.05, 0.1) is 4.92 Å². The van der Waals surface area contributed by atoms with Crippen molar-refractivity contribution in [3.05, 3.63) is 33.1 Å². The minimum atomic E-state index is -0.649. The molecule has 0 aliphatic rings. The Morgan fingerprint density at radius 3 is 2.71 bits per heavy atom. The van der Waals surface area contributed by atoms with Crippen LogP contribution in [0.2, 0.25) is 5.15 Å². The molecule has 1 aromatic rings. The van der Waals surface area contributed by atoms with Gasteiger partial charge < -0.3 is 10.6 Å². The molecule has 7 nitrogen and oxygen atoms in total. The quantitative estimate of drug-likeness (QED) is 0.492. The first-order valence-electron chi connectivity index (χ1n) is 6.55. The third-order valence-corrected chi connectivity index (χ3v) is 3.48. The van der Waals surface area contributed by atoms with E-state index in [2.05, 4.69) is 4.98 Å². The topological polar surface area (TPSA) is 102 Å². The summed E-state index contributed by atoms with van der Waals surface area (Å²) in [4.78, 5) is 27.6. The Morgan fingerprint density at radius 2 is 2.19 bits per heavy atom. The normalized spacial score (nSPS) is 12.3. The molecule has 21 heavy (non-hydrogen) atoms. The van der Waals surface area contributed by atoms with Gasteiger partial charge in [-0.1, -0.05) is 25.4 Å². The molecule has 1 aromatic heterocycles. The monoisotopic (exact) mass is 314 g/mol. The molecule has 8 heteroatoms. The van der Waals surface area contributed by atoms with E-state index in [1.807, 2.05) is 13.8 Å². The fourth-order valence-corrected chi connectivity index (χ4v) is 1.88. The fourth-order valence-electron chi connectivity index (χ4n) is 1.72. The second-order valence-corrected chi connectivity index (χ2v) is 5.59. The van der Waals surface area contributed by atoms with E-state index in [9.17, 15) is 14.9 Å². The van der Waals surface area contributed by atoms with Gasteiger partial charge in [0.2, 0.25) is 0 Å². The number of amides is 1. The fraction of sp³-hybridized carbons (Fsp3) is 0.538. The maximum Gasteiger partial charge on any atom is 0.300 e. The molecule has 1 amide bonds. The minimum absolute atomic E-state index is 0.0312. The maximum atomic E-state index is 12.3. The second-order valence-electron chi connectivity index (χ2n) is 5.20. The molecule has 0 saturated heterocycles. The van der Waals surface area contributed by atoms with Gasteiger partial charge in [-0.25, -0.2) is 4.98 Å². The molecule has 0 bridgehead atoms. The summed E-state index contributed by atoms with van der Waals surface area (Å²) in [6.07, 6.45) is 1.61. The minimum Gasteiger partial charge on any atom is -0.341 e. The molecule has 1 unspecified atom stereocenters. The molecule has 0 aliphatic heterocycles. The van der Waals surface area contributed by atoms with E-state index >= 15 is 0 Å². The second kappa shape index (κ2) is 7.33. The molecular formula is C13H19ClN4O3. The van der Waals surface area contributed by atoms with Crippen LogP contribution >= 0.6 is 11.6 Å². The van der Waals surface area contributed by atoms with Gasteiger partial charge in [0, 0.05) is 19.6 Å². The average Bonchev–Trinajstić information content (AvgIpc) is 2.42. The Morgan fingerprint density at radius 1 is 1.57 bits per heavy atom. The van der Waals surface area contributed by atoms with Crippen molar-refractivity contribution in [3.63, 3.8) is 0 Å². The molecule has 1 atom stereocenters. The number of hydrogen-bond acceptors (Lipinski definition) is 5. The van der Waals surface area contributed by atoms with Crippen LogP contribution in [0.25, 0.3) is 0 Å². The Hall–Kier alpha value is -1.73. The van der Waals surface area contributed by atoms with Gasteiger partial charge in [-0.15, -0.1) is 0 Å². The van der Waals surface area contributed by atoms with Gasteiger partial charge in [-0.2, -0.15) is 0 Å². The van der Waals surface area contributed by atoms with Gasteiger partial charge in [0.1, 0.15) is 16.9 Å². The first kappa shape index (κ1) is 17.3. The van der Waals surface area contributed by atoms with Crippen molar-refractivity contribution >= 4 is 23.2 Å². The van der Waals surface area contributed by atoms with Crippen molar-refractivity contribution < 1.29 is 9.72 Å². The predicted molar refractivity (Wildman–Crippen MR) is 80.3 cm³/mol. The van der Waals surface area contributed by atoms with E-state index in [1.54, 1.807) is 7.05 Å². The van der Waals surface area contributed by atoms with Crippen LogP contribution in [0.1, 0.15) is 30.6 Å². The number of nitrogens with zero attached hydrogens (tertiary/aromatic N) is 3. The van der Waals surface area contributed by atoms with Crippen LogP contribution in [0, 0.1) is 16.0 Å². The average molecular weight is 315 g/mol. The van der Waals surface area contributed by atoms with Gasteiger partial charge in [-0.3, -0.25) is 14.9 Å². The number of halogens is 1. The molecule has 2 N–H and O–H groups in total. The summed E-state index contributed by atoms with van der Waals surface area (Å²) in [5, 5.41) is 11.0. The van der Waals surface area contributed by atoms with Gasteiger partial charge in [0.15, 0.2) is 0 Å². The predicted octanol–water partition coefficient (Wildman–Crippen LogP) is 2.09. The zero-order valence-corrected chi connectivity index (χ0v) is 13.0. The standard InChI is InChI=1S/C13H19ClN4O3/c1-8(2)10(15)4-5-17(3)13(19)9-6-12(14)16-7-11(9)18(20)21/h6-8,10H,4-5,15H2,1-3H3. The summed E-state index contributed by atoms with van der Waals surface area (Å²) in [5.41, 5.74) is 5.50. The first-order valence-corrected chi connectivity index (χ1v) is 6.92. The Balaban J connectivity index is 2.87. The molecule has 0 aromatic carbocycles. The van der Waals surface area contributed by atoms with Crippen LogP contribution in [0.4, 0.5) is 5.69 Å². The number of carbonyl (C=O) groups excluding carboxylic acids is 1. The van der Waals surface area contributed by atoms with Crippen molar-refractivity contribution in [3.8, 4) is 0 Å². The van der Waals surface area contributed by atoms with E-state index in [4.69, 9.17) is 17.3 Å². The van der Waals surface area contributed by atoms with Crippen LogP contribution in [0.15, 0.2) is 12.3 Å². The molecule has 0 saturated carbocycles. The highest BCUT2D eigenvalue weighted by Crippen LogP contribution is 2.21. The Bertz CT molecular complexity index is 536. The zero-order valence-electron chi connectivity index (χ0n) is 12.2. The smallest absolute Gasteiger partial charge is 0.300 e. The zero-order chi connectivity index (χ0) is 16.2. The lowest BCUT2D eigenvalue weighted by molar-refractivity contribution is -0.385. The molecule has 1 rings (SSSR count). The van der Waals surface area contributed by atoms with Crippen molar-refractivity contribution in [1.82, 2.24) is 9.88 Å². The molecule has 0 fully saturated rings. The first-order chi connectivity index (χ1) is 9.73. The molecular weight excluding hydrogens is 296 g/mol. The summed E-state index contributed by atoms with van der Waals surface area (Å²) in [7, 11) is 1.58. The lowest BCUT2D eigenvalue weighted by Gasteiger charge is -2.21. The van der Waals surface area contributed by atoms with Crippen molar-refractivity contribution in [2.24, 2.45) is 11.7 Å². The third kappa shape index (κ3) is 4.64. The van der Waals surface area contributed by atoms with E-state index < -0.39 is 10.8 Å². The van der Waals surface area contributed by atoms with E-state index in [-0.39, 0.29) is 22.4 Å². The highest BCUT2D eigenvalue weighted by atomic mass is 35.5. The van der Waals surface area contributed by atoms with E-state index in [0.29, 0.717) is 18.9 Å². The van der Waals surface area contributed by atoms with Gasteiger partial charge in [0.25, 0.3) is 11.6 Å². The van der Waals surface area contributed by atoms with E-state index in [1.165, 1.54) is 11.0 Å².